The number of benzene rings is 1. The van der Waals surface area contributed by atoms with Crippen LogP contribution in [0.4, 0.5) is 0 Å². The van der Waals surface area contributed by atoms with E-state index in [9.17, 15) is 4.55 Å². The Bertz CT molecular complexity index is 479. The monoisotopic (exact) mass is 278 g/mol. The van der Waals surface area contributed by atoms with E-state index in [4.69, 9.17) is 0 Å². The number of nitrogens with one attached hydrogen (secondary N) is 2. The highest BCUT2D eigenvalue weighted by Gasteiger charge is 2.52. The number of hydrogen-bond acceptors (Lipinski definition) is 3. The molecule has 1 aliphatic carbocycles. The summed E-state index contributed by atoms with van der Waals surface area (Å²) in [4.78, 5) is 0. The van der Waals surface area contributed by atoms with Gasteiger partial charge < -0.3 is 9.87 Å². The summed E-state index contributed by atoms with van der Waals surface area (Å²) >= 11 is -1.03. The highest BCUT2D eigenvalue weighted by atomic mass is 32.2. The van der Waals surface area contributed by atoms with Crippen LogP contribution in [0.2, 0.25) is 0 Å². The van der Waals surface area contributed by atoms with Crippen molar-refractivity contribution in [3.63, 3.8) is 0 Å². The van der Waals surface area contributed by atoms with Gasteiger partial charge in [0, 0.05) is 29.9 Å². The first-order chi connectivity index (χ1) is 8.92. The Morgan fingerprint density at radius 2 is 2.00 bits per heavy atom. The van der Waals surface area contributed by atoms with Crippen LogP contribution in [0.3, 0.4) is 0 Å². The number of hydrogen-bond donors (Lipinski definition) is 2. The average Bonchev–Trinajstić information content (AvgIpc) is 2.63. The second kappa shape index (κ2) is 4.48. The van der Waals surface area contributed by atoms with Crippen molar-refractivity contribution in [2.75, 3.05) is 13.1 Å². The molecule has 1 heterocycles. The fraction of sp³-hybridized carbons (Fsp3) is 0.600. The molecule has 1 unspecified atom stereocenters. The van der Waals surface area contributed by atoms with Crippen molar-refractivity contribution in [1.29, 1.82) is 0 Å². The molecule has 1 aromatic carbocycles. The maximum Gasteiger partial charge on any atom is 0.136 e. The van der Waals surface area contributed by atoms with Gasteiger partial charge in [-0.25, -0.2) is 0 Å². The van der Waals surface area contributed by atoms with Gasteiger partial charge in [0.1, 0.15) is 4.75 Å². The van der Waals surface area contributed by atoms with Gasteiger partial charge in [-0.2, -0.15) is 0 Å². The molecular weight excluding hydrogens is 256 g/mol. The van der Waals surface area contributed by atoms with Crippen molar-refractivity contribution >= 4 is 11.4 Å². The molecule has 1 fully saturated rings. The summed E-state index contributed by atoms with van der Waals surface area (Å²) in [5.41, 5.74) is 2.97. The lowest BCUT2D eigenvalue weighted by atomic mass is 9.76. The van der Waals surface area contributed by atoms with Crippen LogP contribution in [0.15, 0.2) is 24.3 Å². The quantitative estimate of drug-likeness (QED) is 0.813. The summed E-state index contributed by atoms with van der Waals surface area (Å²) in [6.07, 6.45) is 1.09. The van der Waals surface area contributed by atoms with E-state index in [1.54, 1.807) is 0 Å². The number of fused-ring (bicyclic) bond motifs is 1. The van der Waals surface area contributed by atoms with Gasteiger partial charge in [0.15, 0.2) is 0 Å². The van der Waals surface area contributed by atoms with E-state index in [1.807, 2.05) is 20.8 Å². The molecule has 0 aromatic heterocycles. The molecule has 1 spiro atoms. The fourth-order valence-electron chi connectivity index (χ4n) is 3.04. The molecule has 1 saturated heterocycles. The van der Waals surface area contributed by atoms with Crippen molar-refractivity contribution < 1.29 is 4.55 Å². The zero-order chi connectivity index (χ0) is 13.7. The zero-order valence-electron chi connectivity index (χ0n) is 11.8. The Kier molecular flexibility index (Phi) is 3.17. The highest BCUT2D eigenvalue weighted by Crippen LogP contribution is 2.48. The van der Waals surface area contributed by atoms with Crippen LogP contribution in [0.5, 0.6) is 0 Å². The predicted octanol–water partition coefficient (Wildman–Crippen LogP) is 1.93. The fourth-order valence-corrected chi connectivity index (χ4v) is 3.98. The standard InChI is InChI=1S/C15H22N2OS/c1-14(2,3)19(18)17-13-12-7-5-4-6-11(12)8-15(13)9-16-10-15/h4-7,13,16-17H,8-10H2,1-3H3/t13-,19?/m1/s1. The van der Waals surface area contributed by atoms with E-state index in [0.717, 1.165) is 19.5 Å². The Morgan fingerprint density at radius 1 is 1.32 bits per heavy atom. The maximum absolute atomic E-state index is 12.4. The summed E-state index contributed by atoms with van der Waals surface area (Å²) in [5.74, 6) is 0. The van der Waals surface area contributed by atoms with Gasteiger partial charge in [0.25, 0.3) is 0 Å². The van der Waals surface area contributed by atoms with Crippen molar-refractivity contribution in [2.45, 2.75) is 38.0 Å². The van der Waals surface area contributed by atoms with Crippen LogP contribution in [0, 0.1) is 5.41 Å². The van der Waals surface area contributed by atoms with Gasteiger partial charge in [-0.05, 0) is 38.3 Å². The lowest BCUT2D eigenvalue weighted by Gasteiger charge is -2.44. The van der Waals surface area contributed by atoms with E-state index >= 15 is 0 Å². The molecule has 0 amide bonds. The minimum atomic E-state index is -1.03. The third kappa shape index (κ3) is 2.21. The summed E-state index contributed by atoms with van der Waals surface area (Å²) < 4.78 is 15.6. The smallest absolute Gasteiger partial charge is 0.136 e. The third-order valence-corrected chi connectivity index (χ3v) is 5.82. The van der Waals surface area contributed by atoms with Crippen molar-refractivity contribution in [3.8, 4) is 0 Å². The van der Waals surface area contributed by atoms with Gasteiger partial charge >= 0.3 is 0 Å². The zero-order valence-corrected chi connectivity index (χ0v) is 12.6. The van der Waals surface area contributed by atoms with Crippen LogP contribution in [0.25, 0.3) is 0 Å². The van der Waals surface area contributed by atoms with E-state index in [2.05, 4.69) is 34.3 Å². The molecule has 2 aliphatic rings. The molecular formula is C15H22N2OS. The lowest BCUT2D eigenvalue weighted by molar-refractivity contribution is 0.134. The summed E-state index contributed by atoms with van der Waals surface area (Å²) in [6.45, 7) is 8.08. The van der Waals surface area contributed by atoms with Gasteiger partial charge in [-0.3, -0.25) is 0 Å². The maximum atomic E-state index is 12.4. The molecule has 2 atom stereocenters. The second-order valence-corrected chi connectivity index (χ2v) is 8.77. The average molecular weight is 278 g/mol. The Balaban J connectivity index is 1.89. The second-order valence-electron chi connectivity index (χ2n) is 6.77. The molecule has 0 bridgehead atoms. The van der Waals surface area contributed by atoms with E-state index in [-0.39, 0.29) is 16.2 Å². The first kappa shape index (κ1) is 13.4. The van der Waals surface area contributed by atoms with Crippen molar-refractivity contribution in [3.05, 3.63) is 35.4 Å². The topological polar surface area (TPSA) is 47.1 Å². The Labute approximate surface area is 118 Å². The van der Waals surface area contributed by atoms with Crippen molar-refractivity contribution in [2.24, 2.45) is 5.41 Å². The Hall–Kier alpha value is -0.550. The lowest BCUT2D eigenvalue weighted by Crippen LogP contribution is -2.60. The molecule has 0 saturated carbocycles. The first-order valence-corrected chi connectivity index (χ1v) is 8.04. The predicted molar refractivity (Wildman–Crippen MR) is 79.2 cm³/mol. The minimum absolute atomic E-state index is 0.213. The SMILES string of the molecule is CC(C)(C)[S+]([O-])N[C@@H]1c2ccccc2CC12CNC2. The molecule has 3 nitrogen and oxygen atoms in total. The minimum Gasteiger partial charge on any atom is -0.598 e. The summed E-state index contributed by atoms with van der Waals surface area (Å²) in [6, 6.07) is 8.78. The van der Waals surface area contributed by atoms with Gasteiger partial charge in [0.2, 0.25) is 0 Å². The molecule has 1 aliphatic heterocycles. The van der Waals surface area contributed by atoms with Gasteiger partial charge in [-0.1, -0.05) is 24.3 Å². The van der Waals surface area contributed by atoms with Crippen LogP contribution in [0.1, 0.15) is 37.9 Å². The largest absolute Gasteiger partial charge is 0.598 e. The van der Waals surface area contributed by atoms with Gasteiger partial charge in [-0.15, -0.1) is 4.72 Å². The number of rotatable bonds is 2. The third-order valence-electron chi connectivity index (χ3n) is 4.26. The first-order valence-electron chi connectivity index (χ1n) is 6.89. The molecule has 1 aromatic rings. The molecule has 4 heteroatoms. The molecule has 2 N–H and O–H groups in total. The van der Waals surface area contributed by atoms with E-state index in [1.165, 1.54) is 11.1 Å². The van der Waals surface area contributed by atoms with E-state index < -0.39 is 11.4 Å². The van der Waals surface area contributed by atoms with Crippen LogP contribution in [-0.4, -0.2) is 22.4 Å². The highest BCUT2D eigenvalue weighted by molar-refractivity contribution is 7.90. The van der Waals surface area contributed by atoms with Crippen molar-refractivity contribution in [1.82, 2.24) is 10.0 Å². The summed E-state index contributed by atoms with van der Waals surface area (Å²) in [5, 5.41) is 3.38. The Morgan fingerprint density at radius 3 is 2.58 bits per heavy atom. The van der Waals surface area contributed by atoms with Crippen LogP contribution in [-0.2, 0) is 17.8 Å². The normalized spacial score (nSPS) is 26.0. The summed E-state index contributed by atoms with van der Waals surface area (Å²) in [7, 11) is 0. The molecule has 104 valence electrons. The van der Waals surface area contributed by atoms with E-state index in [0.29, 0.717) is 0 Å². The van der Waals surface area contributed by atoms with Crippen LogP contribution >= 0.6 is 0 Å². The molecule has 3 rings (SSSR count). The van der Waals surface area contributed by atoms with Gasteiger partial charge in [0.05, 0.1) is 6.04 Å². The van der Waals surface area contributed by atoms with Crippen LogP contribution < -0.4 is 10.0 Å². The molecule has 19 heavy (non-hydrogen) atoms. The molecule has 0 radical (unpaired) electrons.